The Hall–Kier alpha value is -4.33. The molecule has 1 aliphatic heterocycles. The number of benzene rings is 2. The summed E-state index contributed by atoms with van der Waals surface area (Å²) in [4.78, 5) is 40.1. The van der Waals surface area contributed by atoms with E-state index in [1.165, 1.54) is 41.8 Å². The molecule has 3 heterocycles. The summed E-state index contributed by atoms with van der Waals surface area (Å²) in [5, 5.41) is 2.70. The van der Waals surface area contributed by atoms with Crippen LogP contribution in [0.3, 0.4) is 0 Å². The average Bonchev–Trinajstić information content (AvgIpc) is 2.90. The fourth-order valence-corrected chi connectivity index (χ4v) is 4.33. The Morgan fingerprint density at radius 2 is 1.66 bits per heavy atom. The van der Waals surface area contributed by atoms with E-state index in [2.05, 4.69) is 51.0 Å². The maximum Gasteiger partial charge on any atom is 0.275 e. The van der Waals surface area contributed by atoms with E-state index in [4.69, 9.17) is 4.98 Å². The Morgan fingerprint density at radius 1 is 0.943 bits per heavy atom. The number of piperidine rings is 1. The normalized spacial score (nSPS) is 13.5. The Morgan fingerprint density at radius 3 is 2.37 bits per heavy atom. The second kappa shape index (κ2) is 9.89. The first-order valence-electron chi connectivity index (χ1n) is 11.7. The van der Waals surface area contributed by atoms with Crippen LogP contribution >= 0.6 is 0 Å². The maximum absolute atomic E-state index is 12.8. The SMILES string of the molecule is C=CC(=O)Nc1ccc(-n2c(=O)cnc3cnc(Cc4ccc(N5CCCCC5)cc4)nc32)cc1. The summed E-state index contributed by atoms with van der Waals surface area (Å²) in [6, 6.07) is 15.5. The predicted octanol–water partition coefficient (Wildman–Crippen LogP) is 3.88. The number of rotatable bonds is 6. The molecule has 0 unspecified atom stereocenters. The minimum Gasteiger partial charge on any atom is -0.372 e. The molecule has 176 valence electrons. The van der Waals surface area contributed by atoms with Crippen LogP contribution in [0, 0.1) is 0 Å². The number of fused-ring (bicyclic) bond motifs is 1. The van der Waals surface area contributed by atoms with Crippen LogP contribution in [0.5, 0.6) is 0 Å². The number of carbonyl (C=O) groups is 1. The number of carbonyl (C=O) groups excluding carboxylic acids is 1. The largest absolute Gasteiger partial charge is 0.372 e. The van der Waals surface area contributed by atoms with Crippen LogP contribution in [-0.2, 0) is 11.2 Å². The molecule has 1 N–H and O–H groups in total. The predicted molar refractivity (Wildman–Crippen MR) is 137 cm³/mol. The Bertz CT molecular complexity index is 1420. The molecule has 0 saturated carbocycles. The monoisotopic (exact) mass is 466 g/mol. The number of nitrogens with zero attached hydrogens (tertiary/aromatic N) is 5. The van der Waals surface area contributed by atoms with Crippen LogP contribution in [0.2, 0.25) is 0 Å². The molecule has 1 fully saturated rings. The molecule has 0 aliphatic carbocycles. The third-order valence-electron chi connectivity index (χ3n) is 6.14. The third-order valence-corrected chi connectivity index (χ3v) is 6.14. The van der Waals surface area contributed by atoms with Gasteiger partial charge >= 0.3 is 0 Å². The van der Waals surface area contributed by atoms with E-state index in [0.717, 1.165) is 18.7 Å². The first kappa shape index (κ1) is 22.5. The van der Waals surface area contributed by atoms with E-state index in [9.17, 15) is 9.59 Å². The Kier molecular flexibility index (Phi) is 6.34. The minimum absolute atomic E-state index is 0.295. The summed E-state index contributed by atoms with van der Waals surface area (Å²) < 4.78 is 1.51. The molecule has 1 aliphatic rings. The van der Waals surface area contributed by atoms with Gasteiger partial charge in [-0.15, -0.1) is 0 Å². The minimum atomic E-state index is -0.300. The number of hydrogen-bond acceptors (Lipinski definition) is 6. The molecule has 1 saturated heterocycles. The average molecular weight is 467 g/mol. The van der Waals surface area contributed by atoms with E-state index in [1.807, 2.05) is 0 Å². The van der Waals surface area contributed by atoms with Gasteiger partial charge in [-0.25, -0.2) is 15.0 Å². The molecule has 5 rings (SSSR count). The van der Waals surface area contributed by atoms with Crippen LogP contribution in [0.25, 0.3) is 16.9 Å². The highest BCUT2D eigenvalue weighted by atomic mass is 16.1. The molecule has 0 spiro atoms. The Labute approximate surface area is 203 Å². The van der Waals surface area contributed by atoms with Gasteiger partial charge in [-0.2, -0.15) is 0 Å². The fourth-order valence-electron chi connectivity index (χ4n) is 4.33. The summed E-state index contributed by atoms with van der Waals surface area (Å²) in [5.41, 5.74) is 4.25. The van der Waals surface area contributed by atoms with E-state index >= 15 is 0 Å². The van der Waals surface area contributed by atoms with Crippen LogP contribution < -0.4 is 15.8 Å². The molecule has 1 amide bonds. The molecule has 0 atom stereocenters. The van der Waals surface area contributed by atoms with Crippen molar-refractivity contribution in [3.63, 3.8) is 0 Å². The van der Waals surface area contributed by atoms with Crippen molar-refractivity contribution in [2.24, 2.45) is 0 Å². The van der Waals surface area contributed by atoms with Crippen LogP contribution in [0.15, 0.2) is 78.4 Å². The highest BCUT2D eigenvalue weighted by Crippen LogP contribution is 2.21. The molecule has 0 radical (unpaired) electrons. The van der Waals surface area contributed by atoms with Crippen LogP contribution in [-0.4, -0.2) is 38.5 Å². The summed E-state index contributed by atoms with van der Waals surface area (Å²) in [5.74, 6) is 0.310. The van der Waals surface area contributed by atoms with Crippen molar-refractivity contribution in [1.29, 1.82) is 0 Å². The summed E-state index contributed by atoms with van der Waals surface area (Å²) in [6.45, 7) is 5.67. The highest BCUT2D eigenvalue weighted by molar-refractivity contribution is 5.98. The molecule has 8 nitrogen and oxygen atoms in total. The standard InChI is InChI=1S/C27H26N6O2/c1-2-25(34)30-20-8-12-22(13-9-20)33-26(35)18-28-23-17-29-24(31-27(23)33)16-19-6-10-21(11-7-19)32-14-4-3-5-15-32/h2,6-13,17-18H,1,3-5,14-16H2,(H,30,34). The number of hydrogen-bond donors (Lipinski definition) is 1. The topological polar surface area (TPSA) is 93.0 Å². The molecule has 2 aromatic heterocycles. The van der Waals surface area contributed by atoms with Gasteiger partial charge in [0.1, 0.15) is 11.3 Å². The van der Waals surface area contributed by atoms with Crippen molar-refractivity contribution in [3.8, 4) is 5.69 Å². The lowest BCUT2D eigenvalue weighted by Gasteiger charge is -2.28. The molecule has 4 aromatic rings. The van der Waals surface area contributed by atoms with Gasteiger partial charge in [0, 0.05) is 30.9 Å². The van der Waals surface area contributed by atoms with Gasteiger partial charge in [0.05, 0.1) is 18.1 Å². The molecular formula is C27H26N6O2. The van der Waals surface area contributed by atoms with Gasteiger partial charge in [-0.3, -0.25) is 14.2 Å². The first-order chi connectivity index (χ1) is 17.1. The van der Waals surface area contributed by atoms with Crippen molar-refractivity contribution in [2.45, 2.75) is 25.7 Å². The maximum atomic E-state index is 12.8. The van der Waals surface area contributed by atoms with Crippen LogP contribution in [0.4, 0.5) is 11.4 Å². The molecule has 0 bridgehead atoms. The quantitative estimate of drug-likeness (QED) is 0.434. The van der Waals surface area contributed by atoms with Gasteiger partial charge < -0.3 is 10.2 Å². The van der Waals surface area contributed by atoms with Crippen molar-refractivity contribution in [2.75, 3.05) is 23.3 Å². The highest BCUT2D eigenvalue weighted by Gasteiger charge is 2.13. The molecule has 2 aromatic carbocycles. The van der Waals surface area contributed by atoms with Gasteiger partial charge in [-0.05, 0) is 67.3 Å². The Balaban J connectivity index is 1.42. The van der Waals surface area contributed by atoms with Gasteiger partial charge in [0.15, 0.2) is 5.65 Å². The fraction of sp³-hybridized carbons (Fsp3) is 0.222. The third kappa shape index (κ3) is 4.96. The molecular weight excluding hydrogens is 440 g/mol. The zero-order chi connectivity index (χ0) is 24.2. The van der Waals surface area contributed by atoms with Crippen molar-refractivity contribution < 1.29 is 4.79 Å². The van der Waals surface area contributed by atoms with E-state index < -0.39 is 0 Å². The van der Waals surface area contributed by atoms with E-state index in [0.29, 0.717) is 34.8 Å². The van der Waals surface area contributed by atoms with Gasteiger partial charge in [0.2, 0.25) is 5.91 Å². The van der Waals surface area contributed by atoms with Crippen molar-refractivity contribution in [3.05, 3.63) is 95.3 Å². The molecule has 8 heteroatoms. The molecule has 35 heavy (non-hydrogen) atoms. The summed E-state index contributed by atoms with van der Waals surface area (Å²) in [7, 11) is 0. The van der Waals surface area contributed by atoms with E-state index in [1.54, 1.807) is 30.5 Å². The lowest BCUT2D eigenvalue weighted by Crippen LogP contribution is -2.29. The smallest absolute Gasteiger partial charge is 0.275 e. The number of nitrogens with one attached hydrogen (secondary N) is 1. The number of amides is 1. The zero-order valence-electron chi connectivity index (χ0n) is 19.4. The summed E-state index contributed by atoms with van der Waals surface area (Å²) >= 11 is 0. The second-order valence-corrected chi connectivity index (χ2v) is 8.56. The van der Waals surface area contributed by atoms with Gasteiger partial charge in [-0.1, -0.05) is 18.7 Å². The second-order valence-electron chi connectivity index (χ2n) is 8.56. The van der Waals surface area contributed by atoms with Gasteiger partial charge in [0.25, 0.3) is 5.56 Å². The van der Waals surface area contributed by atoms with Crippen LogP contribution in [0.1, 0.15) is 30.7 Å². The van der Waals surface area contributed by atoms with Crippen molar-refractivity contribution in [1.82, 2.24) is 19.5 Å². The van der Waals surface area contributed by atoms with E-state index in [-0.39, 0.29) is 11.5 Å². The summed E-state index contributed by atoms with van der Waals surface area (Å²) in [6.07, 6.45) is 8.46. The first-order valence-corrected chi connectivity index (χ1v) is 11.7. The number of anilines is 2. The lowest BCUT2D eigenvalue weighted by atomic mass is 10.1. The lowest BCUT2D eigenvalue weighted by molar-refractivity contribution is -0.111. The zero-order valence-corrected chi connectivity index (χ0v) is 19.4. The number of aromatic nitrogens is 4. The van der Waals surface area contributed by atoms with Crippen molar-refractivity contribution >= 4 is 28.4 Å².